The van der Waals surface area contributed by atoms with Gasteiger partial charge in [-0.1, -0.05) is 23.2 Å². The zero-order valence-corrected chi connectivity index (χ0v) is 12.8. The predicted molar refractivity (Wildman–Crippen MR) is 86.9 cm³/mol. The normalized spacial score (nSPS) is 10.8. The largest absolute Gasteiger partial charge is 0.329 e. The van der Waals surface area contributed by atoms with Crippen LogP contribution in [-0.4, -0.2) is 10.9 Å². The highest BCUT2D eigenvalue weighted by molar-refractivity contribution is 7.20. The van der Waals surface area contributed by atoms with Gasteiger partial charge < -0.3 is 10.3 Å². The standard InChI is InChI=1S/C14H8Cl2N2O2S/c15-11-6-10(12(16)21-11)14(20)18-8-1-2-9-7(5-8)3-4-17-13(9)19/h1-6H,(H,17,19)(H,18,20). The molecule has 0 atom stereocenters. The van der Waals surface area contributed by atoms with E-state index in [4.69, 9.17) is 23.2 Å². The van der Waals surface area contributed by atoms with E-state index in [0.717, 1.165) is 16.7 Å². The monoisotopic (exact) mass is 338 g/mol. The first-order valence-electron chi connectivity index (χ1n) is 5.92. The molecular formula is C14H8Cl2N2O2S. The minimum atomic E-state index is -0.340. The summed E-state index contributed by atoms with van der Waals surface area (Å²) in [4.78, 5) is 26.3. The maximum Gasteiger partial charge on any atom is 0.258 e. The lowest BCUT2D eigenvalue weighted by Crippen LogP contribution is -2.11. The molecule has 2 aromatic heterocycles. The van der Waals surface area contributed by atoms with Crippen LogP contribution in [0.5, 0.6) is 0 Å². The van der Waals surface area contributed by atoms with Gasteiger partial charge in [0.1, 0.15) is 4.34 Å². The zero-order chi connectivity index (χ0) is 15.0. The van der Waals surface area contributed by atoms with E-state index < -0.39 is 0 Å². The van der Waals surface area contributed by atoms with E-state index in [-0.39, 0.29) is 11.5 Å². The minimum Gasteiger partial charge on any atom is -0.329 e. The molecule has 0 radical (unpaired) electrons. The summed E-state index contributed by atoms with van der Waals surface area (Å²) in [6, 6.07) is 8.34. The highest BCUT2D eigenvalue weighted by Gasteiger charge is 2.14. The number of anilines is 1. The molecule has 1 aromatic carbocycles. The van der Waals surface area contributed by atoms with Crippen LogP contribution >= 0.6 is 34.5 Å². The number of nitrogens with one attached hydrogen (secondary N) is 2. The molecule has 2 heterocycles. The van der Waals surface area contributed by atoms with E-state index in [1.807, 2.05) is 0 Å². The van der Waals surface area contributed by atoms with Crippen molar-refractivity contribution >= 4 is 56.9 Å². The Kier molecular flexibility index (Phi) is 3.71. The number of rotatable bonds is 2. The molecule has 0 saturated heterocycles. The quantitative estimate of drug-likeness (QED) is 0.737. The minimum absolute atomic E-state index is 0.168. The first kappa shape index (κ1) is 14.1. The molecule has 0 aliphatic heterocycles. The van der Waals surface area contributed by atoms with Crippen molar-refractivity contribution in [1.82, 2.24) is 4.98 Å². The number of carbonyl (C=O) groups excluding carboxylic acids is 1. The van der Waals surface area contributed by atoms with Gasteiger partial charge in [0.15, 0.2) is 0 Å². The fourth-order valence-electron chi connectivity index (χ4n) is 1.96. The van der Waals surface area contributed by atoms with Gasteiger partial charge in [-0.25, -0.2) is 0 Å². The SMILES string of the molecule is O=C(Nc1ccc2c(=O)[nH]ccc2c1)c1cc(Cl)sc1Cl. The summed E-state index contributed by atoms with van der Waals surface area (Å²) in [6.45, 7) is 0. The molecule has 3 rings (SSSR count). The Bertz CT molecular complexity index is 901. The summed E-state index contributed by atoms with van der Waals surface area (Å²) in [6.07, 6.45) is 1.56. The number of thiophene rings is 1. The van der Waals surface area contributed by atoms with Gasteiger partial charge in [-0.15, -0.1) is 11.3 Å². The van der Waals surface area contributed by atoms with Crippen molar-refractivity contribution in [2.24, 2.45) is 0 Å². The third-order valence-electron chi connectivity index (χ3n) is 2.93. The van der Waals surface area contributed by atoms with Crippen molar-refractivity contribution in [2.75, 3.05) is 5.32 Å². The molecular weight excluding hydrogens is 331 g/mol. The van der Waals surface area contributed by atoms with Crippen LogP contribution in [0.2, 0.25) is 8.67 Å². The second-order valence-corrected chi connectivity index (χ2v) is 6.59. The number of benzene rings is 1. The third-order valence-corrected chi connectivity index (χ3v) is 4.42. The van der Waals surface area contributed by atoms with Crippen molar-refractivity contribution in [1.29, 1.82) is 0 Å². The van der Waals surface area contributed by atoms with Crippen molar-refractivity contribution in [3.63, 3.8) is 0 Å². The molecule has 0 unspecified atom stereocenters. The van der Waals surface area contributed by atoms with E-state index in [1.165, 1.54) is 6.07 Å². The average Bonchev–Trinajstić information content (AvgIpc) is 2.78. The van der Waals surface area contributed by atoms with E-state index in [0.29, 0.717) is 25.3 Å². The van der Waals surface area contributed by atoms with Gasteiger partial charge in [0.25, 0.3) is 11.5 Å². The summed E-state index contributed by atoms with van der Waals surface area (Å²) >= 11 is 12.9. The molecule has 0 saturated carbocycles. The highest BCUT2D eigenvalue weighted by atomic mass is 35.5. The average molecular weight is 339 g/mol. The van der Waals surface area contributed by atoms with E-state index in [9.17, 15) is 9.59 Å². The molecule has 21 heavy (non-hydrogen) atoms. The lowest BCUT2D eigenvalue weighted by atomic mass is 10.1. The molecule has 106 valence electrons. The van der Waals surface area contributed by atoms with Gasteiger partial charge >= 0.3 is 0 Å². The lowest BCUT2D eigenvalue weighted by molar-refractivity contribution is 0.102. The molecule has 1 amide bonds. The highest BCUT2D eigenvalue weighted by Crippen LogP contribution is 2.31. The van der Waals surface area contributed by atoms with E-state index >= 15 is 0 Å². The maximum absolute atomic E-state index is 12.1. The number of carbonyl (C=O) groups is 1. The third kappa shape index (κ3) is 2.81. The second kappa shape index (κ2) is 5.52. The Hall–Kier alpha value is -1.82. The topological polar surface area (TPSA) is 62.0 Å². The summed E-state index contributed by atoms with van der Waals surface area (Å²) in [7, 11) is 0. The summed E-state index contributed by atoms with van der Waals surface area (Å²) < 4.78 is 0.796. The predicted octanol–water partition coefficient (Wildman–Crippen LogP) is 4.15. The zero-order valence-electron chi connectivity index (χ0n) is 10.4. The molecule has 0 spiro atoms. The Morgan fingerprint density at radius 3 is 2.71 bits per heavy atom. The van der Waals surface area contributed by atoms with Crippen LogP contribution in [0.25, 0.3) is 10.8 Å². The Morgan fingerprint density at radius 2 is 2.00 bits per heavy atom. The molecule has 4 nitrogen and oxygen atoms in total. The maximum atomic E-state index is 12.1. The van der Waals surface area contributed by atoms with Gasteiger partial charge in [-0.05, 0) is 35.7 Å². The number of H-pyrrole nitrogens is 1. The Morgan fingerprint density at radius 1 is 1.19 bits per heavy atom. The number of hydrogen-bond donors (Lipinski definition) is 2. The summed E-state index contributed by atoms with van der Waals surface area (Å²) in [5.74, 6) is -0.340. The first-order chi connectivity index (χ1) is 10.0. The number of fused-ring (bicyclic) bond motifs is 1. The Balaban J connectivity index is 1.93. The smallest absolute Gasteiger partial charge is 0.258 e. The number of halogens is 2. The van der Waals surface area contributed by atoms with Crippen molar-refractivity contribution < 1.29 is 4.79 Å². The van der Waals surface area contributed by atoms with Crippen LogP contribution in [0.15, 0.2) is 41.3 Å². The fourth-order valence-corrected chi connectivity index (χ4v) is 3.42. The van der Waals surface area contributed by atoms with E-state index in [1.54, 1.807) is 30.5 Å². The molecule has 0 aliphatic rings. The number of pyridine rings is 1. The first-order valence-corrected chi connectivity index (χ1v) is 7.49. The summed E-state index contributed by atoms with van der Waals surface area (Å²) in [5.41, 5.74) is 0.743. The summed E-state index contributed by atoms with van der Waals surface area (Å²) in [5, 5.41) is 4.04. The molecule has 7 heteroatoms. The lowest BCUT2D eigenvalue weighted by Gasteiger charge is -2.05. The van der Waals surface area contributed by atoms with Crippen LogP contribution in [0.1, 0.15) is 10.4 Å². The van der Waals surface area contributed by atoms with Crippen molar-refractivity contribution in [2.45, 2.75) is 0 Å². The number of amides is 1. The van der Waals surface area contributed by atoms with Gasteiger partial charge in [0, 0.05) is 17.3 Å². The molecule has 0 fully saturated rings. The molecule has 3 aromatic rings. The number of aromatic amines is 1. The molecule has 2 N–H and O–H groups in total. The fraction of sp³-hybridized carbons (Fsp3) is 0. The van der Waals surface area contributed by atoms with Gasteiger partial charge in [-0.3, -0.25) is 9.59 Å². The van der Waals surface area contributed by atoms with E-state index in [2.05, 4.69) is 10.3 Å². The molecule has 0 aliphatic carbocycles. The molecule has 0 bridgehead atoms. The van der Waals surface area contributed by atoms with Crippen LogP contribution in [0.4, 0.5) is 5.69 Å². The number of hydrogen-bond acceptors (Lipinski definition) is 3. The van der Waals surface area contributed by atoms with Crippen molar-refractivity contribution in [3.05, 3.63) is 61.1 Å². The van der Waals surface area contributed by atoms with Crippen LogP contribution in [0, 0.1) is 0 Å². The van der Waals surface area contributed by atoms with Gasteiger partial charge in [0.2, 0.25) is 0 Å². The van der Waals surface area contributed by atoms with Crippen LogP contribution < -0.4 is 10.9 Å². The van der Waals surface area contributed by atoms with Crippen molar-refractivity contribution in [3.8, 4) is 0 Å². The van der Waals surface area contributed by atoms with Gasteiger partial charge in [0.05, 0.1) is 9.90 Å². The van der Waals surface area contributed by atoms with Crippen LogP contribution in [0.3, 0.4) is 0 Å². The second-order valence-electron chi connectivity index (χ2n) is 4.30. The Labute approximate surface area is 133 Å². The van der Waals surface area contributed by atoms with Crippen LogP contribution in [-0.2, 0) is 0 Å². The van der Waals surface area contributed by atoms with Gasteiger partial charge in [-0.2, -0.15) is 0 Å². The number of aromatic nitrogens is 1.